The van der Waals surface area contributed by atoms with E-state index < -0.39 is 0 Å². The van der Waals surface area contributed by atoms with Crippen LogP contribution < -0.4 is 5.32 Å². The van der Waals surface area contributed by atoms with E-state index in [0.717, 1.165) is 13.1 Å². The largest absolute Gasteiger partial charge is 0.383 e. The molecule has 0 bridgehead atoms. The molecule has 1 heterocycles. The van der Waals surface area contributed by atoms with Crippen LogP contribution in [0.25, 0.3) is 0 Å². The summed E-state index contributed by atoms with van der Waals surface area (Å²) in [6, 6.07) is 0. The molecular formula is C8H15N3O. The van der Waals surface area contributed by atoms with Crippen molar-refractivity contribution in [3.63, 3.8) is 0 Å². The molecule has 0 unspecified atom stereocenters. The smallest absolute Gasteiger partial charge is 0.0658 e. The highest BCUT2D eigenvalue weighted by molar-refractivity contribution is 5.02. The monoisotopic (exact) mass is 169 g/mol. The number of hydrogen-bond donors (Lipinski definition) is 1. The molecule has 1 aromatic heterocycles. The van der Waals surface area contributed by atoms with E-state index in [1.54, 1.807) is 7.11 Å². The Bertz CT molecular complexity index is 222. The van der Waals surface area contributed by atoms with Crippen molar-refractivity contribution in [1.82, 2.24) is 15.1 Å². The summed E-state index contributed by atoms with van der Waals surface area (Å²) in [6.07, 6.45) is 3.89. The second kappa shape index (κ2) is 4.90. The SMILES string of the molecule is CNCc1cnn(CCOC)c1. The van der Waals surface area contributed by atoms with Crippen LogP contribution in [0.5, 0.6) is 0 Å². The molecule has 68 valence electrons. The summed E-state index contributed by atoms with van der Waals surface area (Å²) in [5, 5.41) is 7.24. The third kappa shape index (κ3) is 2.64. The van der Waals surface area contributed by atoms with Crippen molar-refractivity contribution in [3.05, 3.63) is 18.0 Å². The Morgan fingerprint density at radius 3 is 3.17 bits per heavy atom. The van der Waals surface area contributed by atoms with Gasteiger partial charge < -0.3 is 10.1 Å². The topological polar surface area (TPSA) is 39.1 Å². The van der Waals surface area contributed by atoms with Gasteiger partial charge in [0.2, 0.25) is 0 Å². The van der Waals surface area contributed by atoms with Crippen LogP contribution >= 0.6 is 0 Å². The highest BCUT2D eigenvalue weighted by Crippen LogP contribution is 1.96. The van der Waals surface area contributed by atoms with Gasteiger partial charge in [0.25, 0.3) is 0 Å². The van der Waals surface area contributed by atoms with Gasteiger partial charge in [-0.05, 0) is 7.05 Å². The van der Waals surface area contributed by atoms with Crippen molar-refractivity contribution in [3.8, 4) is 0 Å². The molecule has 1 N–H and O–H groups in total. The Hall–Kier alpha value is -0.870. The van der Waals surface area contributed by atoms with Gasteiger partial charge in [-0.3, -0.25) is 4.68 Å². The highest BCUT2D eigenvalue weighted by atomic mass is 16.5. The molecule has 4 heteroatoms. The minimum Gasteiger partial charge on any atom is -0.383 e. The van der Waals surface area contributed by atoms with Crippen molar-refractivity contribution in [2.75, 3.05) is 20.8 Å². The van der Waals surface area contributed by atoms with Crippen LogP contribution in [0, 0.1) is 0 Å². The normalized spacial score (nSPS) is 10.5. The van der Waals surface area contributed by atoms with Gasteiger partial charge >= 0.3 is 0 Å². The molecule has 0 aromatic carbocycles. The Balaban J connectivity index is 2.41. The third-order valence-corrected chi connectivity index (χ3v) is 1.59. The number of methoxy groups -OCH3 is 1. The molecule has 0 amide bonds. The van der Waals surface area contributed by atoms with Crippen LogP contribution in [0.15, 0.2) is 12.4 Å². The minimum absolute atomic E-state index is 0.709. The lowest BCUT2D eigenvalue weighted by Crippen LogP contribution is -2.05. The Kier molecular flexibility index (Phi) is 3.76. The summed E-state index contributed by atoms with van der Waals surface area (Å²) >= 11 is 0. The molecular weight excluding hydrogens is 154 g/mol. The highest BCUT2D eigenvalue weighted by Gasteiger charge is 1.95. The summed E-state index contributed by atoms with van der Waals surface area (Å²) in [5.74, 6) is 0. The lowest BCUT2D eigenvalue weighted by molar-refractivity contribution is 0.183. The average molecular weight is 169 g/mol. The van der Waals surface area contributed by atoms with Gasteiger partial charge in [-0.1, -0.05) is 0 Å². The zero-order valence-electron chi connectivity index (χ0n) is 7.58. The first-order chi connectivity index (χ1) is 5.86. The molecule has 1 aromatic rings. The van der Waals surface area contributed by atoms with Crippen LogP contribution in [-0.4, -0.2) is 30.5 Å². The second-order valence-electron chi connectivity index (χ2n) is 2.63. The lowest BCUT2D eigenvalue weighted by atomic mass is 10.4. The van der Waals surface area contributed by atoms with Crippen molar-refractivity contribution in [1.29, 1.82) is 0 Å². The van der Waals surface area contributed by atoms with Gasteiger partial charge in [0.15, 0.2) is 0 Å². The Morgan fingerprint density at radius 1 is 1.67 bits per heavy atom. The van der Waals surface area contributed by atoms with Gasteiger partial charge in [-0.25, -0.2) is 0 Å². The van der Waals surface area contributed by atoms with Crippen molar-refractivity contribution >= 4 is 0 Å². The molecule has 0 spiro atoms. The molecule has 0 aliphatic carbocycles. The standard InChI is InChI=1S/C8H15N3O/c1-9-5-8-6-10-11(7-8)3-4-12-2/h6-7,9H,3-5H2,1-2H3. The van der Waals surface area contributed by atoms with E-state index in [-0.39, 0.29) is 0 Å². The maximum Gasteiger partial charge on any atom is 0.0658 e. The Morgan fingerprint density at radius 2 is 2.50 bits per heavy atom. The van der Waals surface area contributed by atoms with Crippen LogP contribution in [0.4, 0.5) is 0 Å². The summed E-state index contributed by atoms with van der Waals surface area (Å²) in [5.41, 5.74) is 1.20. The fourth-order valence-electron chi connectivity index (χ4n) is 1.01. The van der Waals surface area contributed by atoms with E-state index in [1.165, 1.54) is 5.56 Å². The average Bonchev–Trinajstić information content (AvgIpc) is 2.50. The lowest BCUT2D eigenvalue weighted by Gasteiger charge is -1.98. The Labute approximate surface area is 72.5 Å². The van der Waals surface area contributed by atoms with Gasteiger partial charge in [-0.2, -0.15) is 5.10 Å². The van der Waals surface area contributed by atoms with Crippen LogP contribution in [-0.2, 0) is 17.8 Å². The van der Waals surface area contributed by atoms with Crippen LogP contribution in [0.3, 0.4) is 0 Å². The molecule has 0 aliphatic heterocycles. The first kappa shape index (κ1) is 9.22. The van der Waals surface area contributed by atoms with Crippen LogP contribution in [0.2, 0.25) is 0 Å². The van der Waals surface area contributed by atoms with E-state index in [1.807, 2.05) is 24.1 Å². The quantitative estimate of drug-likeness (QED) is 0.686. The van der Waals surface area contributed by atoms with Crippen molar-refractivity contribution < 1.29 is 4.74 Å². The summed E-state index contributed by atoms with van der Waals surface area (Å²) in [6.45, 7) is 2.40. The number of nitrogens with one attached hydrogen (secondary N) is 1. The summed E-state index contributed by atoms with van der Waals surface area (Å²) in [7, 11) is 3.62. The molecule has 0 aliphatic rings. The van der Waals surface area contributed by atoms with Gasteiger partial charge in [-0.15, -0.1) is 0 Å². The summed E-state index contributed by atoms with van der Waals surface area (Å²) in [4.78, 5) is 0. The predicted molar refractivity (Wildman–Crippen MR) is 46.9 cm³/mol. The maximum absolute atomic E-state index is 4.94. The zero-order valence-corrected chi connectivity index (χ0v) is 7.58. The third-order valence-electron chi connectivity index (χ3n) is 1.59. The minimum atomic E-state index is 0.709. The molecule has 1 rings (SSSR count). The van der Waals surface area contributed by atoms with Gasteiger partial charge in [0.05, 0.1) is 19.3 Å². The van der Waals surface area contributed by atoms with E-state index >= 15 is 0 Å². The maximum atomic E-state index is 4.94. The van der Waals surface area contributed by atoms with Gasteiger partial charge in [0, 0.05) is 25.4 Å². The molecule has 12 heavy (non-hydrogen) atoms. The van der Waals surface area contributed by atoms with E-state index in [2.05, 4.69) is 10.4 Å². The van der Waals surface area contributed by atoms with E-state index in [4.69, 9.17) is 4.74 Å². The molecule has 0 fully saturated rings. The molecule has 0 saturated carbocycles. The van der Waals surface area contributed by atoms with Crippen molar-refractivity contribution in [2.24, 2.45) is 0 Å². The number of rotatable bonds is 5. The zero-order chi connectivity index (χ0) is 8.81. The van der Waals surface area contributed by atoms with E-state index in [0.29, 0.717) is 6.61 Å². The molecule has 0 saturated heterocycles. The molecule has 4 nitrogen and oxygen atoms in total. The molecule has 0 radical (unpaired) electrons. The van der Waals surface area contributed by atoms with Gasteiger partial charge in [0.1, 0.15) is 0 Å². The fraction of sp³-hybridized carbons (Fsp3) is 0.625. The first-order valence-electron chi connectivity index (χ1n) is 4.01. The van der Waals surface area contributed by atoms with Crippen LogP contribution in [0.1, 0.15) is 5.56 Å². The van der Waals surface area contributed by atoms with E-state index in [9.17, 15) is 0 Å². The first-order valence-corrected chi connectivity index (χ1v) is 4.01. The summed E-state index contributed by atoms with van der Waals surface area (Å²) < 4.78 is 6.82. The number of hydrogen-bond acceptors (Lipinski definition) is 3. The second-order valence-corrected chi connectivity index (χ2v) is 2.63. The number of nitrogens with zero attached hydrogens (tertiary/aromatic N) is 2. The van der Waals surface area contributed by atoms with Crippen molar-refractivity contribution in [2.45, 2.75) is 13.1 Å². The number of ether oxygens (including phenoxy) is 1. The number of aromatic nitrogens is 2. The fourth-order valence-corrected chi connectivity index (χ4v) is 1.01. The molecule has 0 atom stereocenters. The predicted octanol–water partition coefficient (Wildman–Crippen LogP) is 0.249.